The molecule has 3 rings (SSSR count). The number of nitrogens with one attached hydrogen (secondary N) is 3. The number of carbonyl (C=O) groups excluding carboxylic acids is 2. The van der Waals surface area contributed by atoms with Crippen molar-refractivity contribution < 1.29 is 38.4 Å². The van der Waals surface area contributed by atoms with E-state index in [-0.39, 0.29) is 18.8 Å². The maximum atomic E-state index is 12.4. The van der Waals surface area contributed by atoms with Crippen LogP contribution >= 0.6 is 15.9 Å². The number of ether oxygens (including phenoxy) is 5. The molecular weight excluding hydrogens is 612 g/mol. The van der Waals surface area contributed by atoms with Gasteiger partial charge in [0.2, 0.25) is 0 Å². The summed E-state index contributed by atoms with van der Waals surface area (Å²) in [5, 5.41) is 19.8. The molecule has 2 amide bonds. The number of aliphatic hydroxyl groups is 1. The van der Waals surface area contributed by atoms with E-state index in [9.17, 15) is 14.7 Å². The SMILES string of the molecule is C#CCOc1c(Br)cc(/C=N\N[C@@H](O)COc2ccc([C@@H]3NC(=O)NC(C)=C3C(=O)OC)cc2OCC)cc1OCC. The van der Waals surface area contributed by atoms with Gasteiger partial charge in [0.25, 0.3) is 0 Å². The number of nitrogens with zero attached hydrogens (tertiary/aromatic N) is 1. The van der Waals surface area contributed by atoms with Crippen LogP contribution in [0.1, 0.15) is 37.9 Å². The van der Waals surface area contributed by atoms with Crippen molar-refractivity contribution in [2.45, 2.75) is 33.0 Å². The fourth-order valence-corrected chi connectivity index (χ4v) is 4.57. The third kappa shape index (κ3) is 8.31. The first-order valence-corrected chi connectivity index (χ1v) is 13.8. The second kappa shape index (κ2) is 15.6. The first-order chi connectivity index (χ1) is 20.2. The number of terminal acetylenes is 1. The number of urea groups is 1. The Morgan fingerprint density at radius 3 is 2.60 bits per heavy atom. The smallest absolute Gasteiger partial charge is 0.337 e. The van der Waals surface area contributed by atoms with Crippen LogP contribution < -0.4 is 35.0 Å². The second-order valence-electron chi connectivity index (χ2n) is 8.67. The summed E-state index contributed by atoms with van der Waals surface area (Å²) < 4.78 is 28.3. The highest BCUT2D eigenvalue weighted by molar-refractivity contribution is 9.10. The van der Waals surface area contributed by atoms with Crippen molar-refractivity contribution in [3.8, 4) is 35.3 Å². The summed E-state index contributed by atoms with van der Waals surface area (Å²) in [4.78, 5) is 24.6. The Morgan fingerprint density at radius 2 is 1.90 bits per heavy atom. The number of hydrazone groups is 1. The van der Waals surface area contributed by atoms with Crippen LogP contribution in [0.15, 0.2) is 51.2 Å². The van der Waals surface area contributed by atoms with E-state index in [2.05, 4.69) is 43.0 Å². The van der Waals surface area contributed by atoms with Crippen LogP contribution in [0.4, 0.5) is 4.79 Å². The van der Waals surface area contributed by atoms with Gasteiger partial charge in [-0.3, -0.25) is 5.43 Å². The lowest BCUT2D eigenvalue weighted by molar-refractivity contribution is -0.136. The predicted octanol–water partition coefficient (Wildman–Crippen LogP) is 3.38. The number of methoxy groups -OCH3 is 1. The Balaban J connectivity index is 1.69. The zero-order valence-electron chi connectivity index (χ0n) is 23.7. The van der Waals surface area contributed by atoms with Crippen LogP contribution in [0.25, 0.3) is 0 Å². The second-order valence-corrected chi connectivity index (χ2v) is 9.53. The Morgan fingerprint density at radius 1 is 1.17 bits per heavy atom. The normalized spacial score (nSPS) is 15.3. The molecule has 0 aliphatic carbocycles. The highest BCUT2D eigenvalue weighted by atomic mass is 79.9. The molecule has 224 valence electrons. The molecule has 1 heterocycles. The van der Waals surface area contributed by atoms with Gasteiger partial charge >= 0.3 is 12.0 Å². The Kier molecular flexibility index (Phi) is 11.9. The quantitative estimate of drug-likeness (QED) is 0.0798. The van der Waals surface area contributed by atoms with Gasteiger partial charge in [-0.05, 0) is 72.1 Å². The zero-order chi connectivity index (χ0) is 30.6. The Hall–Kier alpha value is -4.41. The highest BCUT2D eigenvalue weighted by Gasteiger charge is 2.32. The molecule has 42 heavy (non-hydrogen) atoms. The lowest BCUT2D eigenvalue weighted by Gasteiger charge is -2.28. The topological polar surface area (TPSA) is 149 Å². The standard InChI is InChI=1S/C29H33BrN4O8/c1-6-11-41-27-20(30)12-18(13-23(27)40-8-3)15-31-34-24(35)16-42-21-10-9-19(14-22(21)39-7-2)26-25(28(36)38-5)17(4)32-29(37)33-26/h1,9-10,12-15,24,26,34-35H,7-8,11,16H2,2-5H3,(H2,32,33,37)/b31-15-/t24-,26-/m0/s1. The fourth-order valence-electron chi connectivity index (χ4n) is 4.00. The van der Waals surface area contributed by atoms with Gasteiger partial charge in [-0.15, -0.1) is 6.42 Å². The van der Waals surface area contributed by atoms with Crippen molar-refractivity contribution in [1.29, 1.82) is 0 Å². The number of benzene rings is 2. The molecule has 0 bridgehead atoms. The van der Waals surface area contributed by atoms with Crippen LogP contribution in [-0.2, 0) is 9.53 Å². The highest BCUT2D eigenvalue weighted by Crippen LogP contribution is 2.37. The number of halogens is 1. The van der Waals surface area contributed by atoms with Gasteiger partial charge < -0.3 is 39.4 Å². The fraction of sp³-hybridized carbons (Fsp3) is 0.345. The van der Waals surface area contributed by atoms with E-state index in [1.165, 1.54) is 13.3 Å². The summed E-state index contributed by atoms with van der Waals surface area (Å²) in [5.74, 6) is 3.53. The number of hydrogen-bond acceptors (Lipinski definition) is 10. The number of hydrogen-bond donors (Lipinski definition) is 4. The molecular formula is C29H33BrN4O8. The van der Waals surface area contributed by atoms with Crippen molar-refractivity contribution in [3.05, 3.63) is 57.2 Å². The van der Waals surface area contributed by atoms with Gasteiger partial charge in [-0.1, -0.05) is 12.0 Å². The third-order valence-corrected chi connectivity index (χ3v) is 6.33. The minimum atomic E-state index is -1.16. The summed E-state index contributed by atoms with van der Waals surface area (Å²) in [5.41, 5.74) is 4.51. The molecule has 0 saturated carbocycles. The number of carbonyl (C=O) groups is 2. The summed E-state index contributed by atoms with van der Waals surface area (Å²) in [6.07, 6.45) is 5.63. The van der Waals surface area contributed by atoms with Crippen LogP contribution in [0.2, 0.25) is 0 Å². The number of esters is 1. The van der Waals surface area contributed by atoms with E-state index in [4.69, 9.17) is 30.1 Å². The van der Waals surface area contributed by atoms with Crippen molar-refractivity contribution in [3.63, 3.8) is 0 Å². The van der Waals surface area contributed by atoms with E-state index >= 15 is 0 Å². The molecule has 0 spiro atoms. The molecule has 1 aliphatic rings. The van der Waals surface area contributed by atoms with Gasteiger partial charge in [0, 0.05) is 5.70 Å². The average Bonchev–Trinajstić information content (AvgIpc) is 2.95. The van der Waals surface area contributed by atoms with Crippen molar-refractivity contribution in [2.75, 3.05) is 33.5 Å². The number of rotatable bonds is 14. The number of allylic oxidation sites excluding steroid dienone is 1. The van der Waals surface area contributed by atoms with E-state index in [0.717, 1.165) is 0 Å². The Bertz CT molecular complexity index is 1390. The van der Waals surface area contributed by atoms with E-state index in [1.54, 1.807) is 44.2 Å². The summed E-state index contributed by atoms with van der Waals surface area (Å²) in [6.45, 7) is 5.96. The van der Waals surface area contributed by atoms with E-state index < -0.39 is 24.3 Å². The third-order valence-electron chi connectivity index (χ3n) is 5.74. The van der Waals surface area contributed by atoms with Gasteiger partial charge in [0.1, 0.15) is 13.2 Å². The number of aliphatic hydroxyl groups excluding tert-OH is 1. The van der Waals surface area contributed by atoms with Gasteiger partial charge in [0.15, 0.2) is 29.2 Å². The lowest BCUT2D eigenvalue weighted by Crippen LogP contribution is -2.45. The molecule has 0 unspecified atom stereocenters. The first-order valence-electron chi connectivity index (χ1n) is 13.0. The molecule has 1 aliphatic heterocycles. The number of amides is 2. The molecule has 2 aromatic rings. The van der Waals surface area contributed by atoms with E-state index in [1.807, 2.05) is 6.92 Å². The Labute approximate surface area is 252 Å². The maximum absolute atomic E-state index is 12.4. The zero-order valence-corrected chi connectivity index (χ0v) is 25.2. The minimum Gasteiger partial charge on any atom is -0.490 e. The molecule has 0 fully saturated rings. The van der Waals surface area contributed by atoms with Crippen LogP contribution in [0, 0.1) is 12.3 Å². The maximum Gasteiger partial charge on any atom is 0.337 e. The van der Waals surface area contributed by atoms with Crippen molar-refractivity contribution in [1.82, 2.24) is 16.1 Å². The van der Waals surface area contributed by atoms with Crippen LogP contribution in [0.5, 0.6) is 23.0 Å². The lowest BCUT2D eigenvalue weighted by atomic mass is 9.95. The average molecular weight is 646 g/mol. The summed E-state index contributed by atoms with van der Waals surface area (Å²) in [7, 11) is 1.27. The van der Waals surface area contributed by atoms with E-state index in [0.29, 0.717) is 57.5 Å². The predicted molar refractivity (Wildman–Crippen MR) is 159 cm³/mol. The molecule has 0 aromatic heterocycles. The molecule has 12 nitrogen and oxygen atoms in total. The van der Waals surface area contributed by atoms with Crippen molar-refractivity contribution >= 4 is 34.1 Å². The van der Waals surface area contributed by atoms with Gasteiger partial charge in [-0.25, -0.2) is 9.59 Å². The monoisotopic (exact) mass is 644 g/mol. The van der Waals surface area contributed by atoms with Crippen LogP contribution in [0.3, 0.4) is 0 Å². The molecule has 2 aromatic carbocycles. The summed E-state index contributed by atoms with van der Waals surface area (Å²) in [6, 6.07) is 7.27. The van der Waals surface area contributed by atoms with Crippen LogP contribution in [-0.4, -0.2) is 63.1 Å². The molecule has 2 atom stereocenters. The van der Waals surface area contributed by atoms with Crippen molar-refractivity contribution in [2.24, 2.45) is 5.10 Å². The summed E-state index contributed by atoms with van der Waals surface area (Å²) >= 11 is 3.45. The minimum absolute atomic E-state index is 0.0907. The molecule has 13 heteroatoms. The molecule has 0 radical (unpaired) electrons. The largest absolute Gasteiger partial charge is 0.490 e. The molecule has 0 saturated heterocycles. The van der Waals surface area contributed by atoms with Gasteiger partial charge in [0.05, 0.1) is 42.6 Å². The molecule has 4 N–H and O–H groups in total. The first kappa shape index (κ1) is 32.1. The van der Waals surface area contributed by atoms with Gasteiger partial charge in [-0.2, -0.15) is 5.10 Å².